The van der Waals surface area contributed by atoms with E-state index in [1.165, 1.54) is 4.57 Å². The summed E-state index contributed by atoms with van der Waals surface area (Å²) in [5.74, 6) is -1.40. The molecule has 0 fully saturated rings. The molecule has 172 valence electrons. The van der Waals surface area contributed by atoms with Gasteiger partial charge in [-0.05, 0) is 36.3 Å². The van der Waals surface area contributed by atoms with Crippen LogP contribution in [0.15, 0.2) is 62.2 Å². The van der Waals surface area contributed by atoms with Crippen LogP contribution < -0.4 is 22.3 Å². The van der Waals surface area contributed by atoms with Crippen LogP contribution in [0, 0.1) is 0 Å². The number of aromatic nitrogens is 2. The highest BCUT2D eigenvalue weighted by atomic mass is 35.5. The van der Waals surface area contributed by atoms with Gasteiger partial charge in [0.25, 0.3) is 6.01 Å². The molecule has 2 aromatic carbocycles. The summed E-state index contributed by atoms with van der Waals surface area (Å²) in [6.45, 7) is 1.78. The van der Waals surface area contributed by atoms with Crippen LogP contribution in [0.5, 0.6) is 0 Å². The zero-order valence-electron chi connectivity index (χ0n) is 17.7. The van der Waals surface area contributed by atoms with Crippen molar-refractivity contribution >= 4 is 46.8 Å². The Labute approximate surface area is 202 Å². The standard InChI is InChI=1S/C24H17Cl2N3O5/c1-2-32-23(31)18-17(13-8-4-6-10-15(13)26)19-21(34-24(27)28-19)29-16(22(30)33-20(18)29)11-12-7-3-5-9-14(12)25/h3-11,17H,2H2,1H3,(H2,27,28)/b16-11+/t17-/m0/s1. The van der Waals surface area contributed by atoms with Crippen molar-refractivity contribution in [2.45, 2.75) is 12.8 Å². The summed E-state index contributed by atoms with van der Waals surface area (Å²) in [5.41, 5.74) is 6.60. The quantitative estimate of drug-likeness (QED) is 0.431. The van der Waals surface area contributed by atoms with Gasteiger partial charge in [-0.3, -0.25) is 0 Å². The van der Waals surface area contributed by atoms with Crippen LogP contribution in [0.25, 0.3) is 17.5 Å². The van der Waals surface area contributed by atoms with Crippen molar-refractivity contribution in [3.8, 4) is 5.88 Å². The van der Waals surface area contributed by atoms with Crippen LogP contribution in [0.1, 0.15) is 29.7 Å². The Kier molecular flexibility index (Phi) is 5.55. The molecule has 4 aromatic rings. The smallest absolute Gasteiger partial charge is 0.362 e. The monoisotopic (exact) mass is 497 g/mol. The zero-order chi connectivity index (χ0) is 24.0. The Morgan fingerprint density at radius 1 is 1.15 bits per heavy atom. The van der Waals surface area contributed by atoms with E-state index >= 15 is 0 Å². The van der Waals surface area contributed by atoms with Gasteiger partial charge in [0.2, 0.25) is 11.4 Å². The number of hydrogen-bond donors (Lipinski definition) is 1. The molecule has 10 heteroatoms. The van der Waals surface area contributed by atoms with Crippen molar-refractivity contribution in [2.75, 3.05) is 12.3 Å². The van der Waals surface area contributed by atoms with Gasteiger partial charge in [-0.1, -0.05) is 59.6 Å². The van der Waals surface area contributed by atoms with E-state index in [1.54, 1.807) is 61.5 Å². The molecular formula is C24H17Cl2N3O5. The second kappa shape index (κ2) is 8.55. The van der Waals surface area contributed by atoms with Crippen molar-refractivity contribution in [3.63, 3.8) is 0 Å². The molecule has 34 heavy (non-hydrogen) atoms. The molecule has 1 aliphatic heterocycles. The van der Waals surface area contributed by atoms with Crippen molar-refractivity contribution in [1.29, 1.82) is 0 Å². The molecule has 3 heterocycles. The van der Waals surface area contributed by atoms with Crippen LogP contribution >= 0.6 is 23.2 Å². The number of nitrogens with zero attached hydrogens (tertiary/aromatic N) is 2. The lowest BCUT2D eigenvalue weighted by Crippen LogP contribution is -2.37. The fraction of sp³-hybridized carbons (Fsp3) is 0.125. The molecule has 0 spiro atoms. The van der Waals surface area contributed by atoms with Gasteiger partial charge in [-0.15, -0.1) is 0 Å². The predicted octanol–water partition coefficient (Wildman–Crippen LogP) is 3.00. The summed E-state index contributed by atoms with van der Waals surface area (Å²) in [6.07, 6.45) is 1.54. The maximum atomic E-state index is 13.2. The first-order chi connectivity index (χ1) is 16.4. The normalized spacial score (nSPS) is 15.2. The molecular weight excluding hydrogens is 481 g/mol. The SMILES string of the molecule is CCOC(=O)C1=c2oc(=O)/c(=C\c3ccccc3Cl)n2-c2oc(N)nc2[C@H]1c1ccccc1Cl. The summed E-state index contributed by atoms with van der Waals surface area (Å²) in [7, 11) is 0. The third-order valence-electron chi connectivity index (χ3n) is 5.40. The number of fused-ring (bicyclic) bond motifs is 3. The number of rotatable bonds is 4. The highest BCUT2D eigenvalue weighted by Crippen LogP contribution is 2.41. The molecule has 0 amide bonds. The van der Waals surface area contributed by atoms with Crippen LogP contribution in [0.2, 0.25) is 10.0 Å². The fourth-order valence-corrected chi connectivity index (χ4v) is 4.44. The van der Waals surface area contributed by atoms with Crippen molar-refractivity contribution in [1.82, 2.24) is 9.55 Å². The summed E-state index contributed by atoms with van der Waals surface area (Å²) < 4.78 is 18.0. The second-order valence-electron chi connectivity index (χ2n) is 7.41. The van der Waals surface area contributed by atoms with Crippen molar-refractivity contribution in [2.24, 2.45) is 0 Å². The van der Waals surface area contributed by atoms with Gasteiger partial charge in [0.05, 0.1) is 12.5 Å². The number of hydrogen-bond acceptors (Lipinski definition) is 7. The van der Waals surface area contributed by atoms with Gasteiger partial charge >= 0.3 is 11.6 Å². The maximum absolute atomic E-state index is 13.2. The minimum atomic E-state index is -0.845. The number of halogens is 2. The predicted molar refractivity (Wildman–Crippen MR) is 126 cm³/mol. The van der Waals surface area contributed by atoms with E-state index in [9.17, 15) is 9.59 Å². The number of esters is 1. The van der Waals surface area contributed by atoms with Crippen LogP contribution in [0.3, 0.4) is 0 Å². The molecule has 2 N–H and O–H groups in total. The van der Waals surface area contributed by atoms with E-state index in [-0.39, 0.29) is 35.0 Å². The second-order valence-corrected chi connectivity index (χ2v) is 8.23. The number of benzene rings is 2. The molecule has 0 aliphatic carbocycles. The van der Waals surface area contributed by atoms with Gasteiger partial charge in [-0.2, -0.15) is 4.98 Å². The van der Waals surface area contributed by atoms with Crippen molar-refractivity contribution in [3.05, 3.63) is 96.7 Å². The molecule has 0 saturated carbocycles. The topological polar surface area (TPSA) is 113 Å². The van der Waals surface area contributed by atoms with Gasteiger partial charge in [0, 0.05) is 10.0 Å². The van der Waals surface area contributed by atoms with E-state index in [0.29, 0.717) is 26.9 Å². The summed E-state index contributed by atoms with van der Waals surface area (Å²) in [4.78, 5) is 30.6. The maximum Gasteiger partial charge on any atom is 0.362 e. The van der Waals surface area contributed by atoms with Crippen LogP contribution in [0.4, 0.5) is 6.01 Å². The van der Waals surface area contributed by atoms with E-state index < -0.39 is 17.5 Å². The number of anilines is 1. The molecule has 1 atom stereocenters. The number of nitrogen functional groups attached to an aromatic ring is 1. The van der Waals surface area contributed by atoms with Crippen LogP contribution in [-0.4, -0.2) is 22.1 Å². The Balaban J connectivity index is 1.94. The van der Waals surface area contributed by atoms with E-state index in [1.807, 2.05) is 0 Å². The van der Waals surface area contributed by atoms with E-state index in [0.717, 1.165) is 0 Å². The molecule has 1 aliphatic rings. The Bertz CT molecular complexity index is 1620. The van der Waals surface area contributed by atoms with Gasteiger partial charge in [-0.25, -0.2) is 14.2 Å². The molecule has 2 aromatic heterocycles. The zero-order valence-corrected chi connectivity index (χ0v) is 19.3. The van der Waals surface area contributed by atoms with Crippen LogP contribution in [-0.2, 0) is 9.53 Å². The number of ether oxygens (including phenoxy) is 1. The first-order valence-electron chi connectivity index (χ1n) is 10.3. The third kappa shape index (κ3) is 3.52. The van der Waals surface area contributed by atoms with E-state index in [2.05, 4.69) is 4.98 Å². The van der Waals surface area contributed by atoms with Gasteiger partial charge in [0.15, 0.2) is 0 Å². The Morgan fingerprint density at radius 2 is 1.85 bits per heavy atom. The lowest BCUT2D eigenvalue weighted by atomic mass is 9.87. The molecule has 0 bridgehead atoms. The highest BCUT2D eigenvalue weighted by Gasteiger charge is 2.40. The third-order valence-corrected chi connectivity index (χ3v) is 6.09. The summed E-state index contributed by atoms with van der Waals surface area (Å²) in [6, 6.07) is 13.8. The van der Waals surface area contributed by atoms with Crippen molar-refractivity contribution < 1.29 is 18.4 Å². The molecule has 0 radical (unpaired) electrons. The fourth-order valence-electron chi connectivity index (χ4n) is 4.00. The number of carbonyl (C=O) groups excluding carboxylic acids is 1. The molecule has 5 rings (SSSR count). The minimum Gasteiger partial charge on any atom is -0.462 e. The van der Waals surface area contributed by atoms with E-state index in [4.69, 9.17) is 42.5 Å². The van der Waals surface area contributed by atoms with Gasteiger partial charge in [0.1, 0.15) is 16.6 Å². The lowest BCUT2D eigenvalue weighted by Gasteiger charge is -2.22. The number of carbonyl (C=O) groups is 1. The largest absolute Gasteiger partial charge is 0.462 e. The minimum absolute atomic E-state index is 0.0478. The molecule has 0 unspecified atom stereocenters. The molecule has 0 saturated heterocycles. The van der Waals surface area contributed by atoms with Gasteiger partial charge < -0.3 is 19.3 Å². The number of nitrogens with two attached hydrogens (primary N) is 1. The average molecular weight is 498 g/mol. The first-order valence-corrected chi connectivity index (χ1v) is 11.1. The Hall–Kier alpha value is -3.75. The molecule has 8 nitrogen and oxygen atoms in total. The summed E-state index contributed by atoms with van der Waals surface area (Å²) in [5, 5.41) is 0.876. The highest BCUT2D eigenvalue weighted by molar-refractivity contribution is 6.32. The first kappa shape index (κ1) is 22.1. The lowest BCUT2D eigenvalue weighted by molar-refractivity contribution is -0.136. The number of oxazole rings is 2. The average Bonchev–Trinajstić information content (AvgIpc) is 3.34. The Morgan fingerprint density at radius 3 is 2.56 bits per heavy atom. The summed E-state index contributed by atoms with van der Waals surface area (Å²) >= 11 is 12.8.